The highest BCUT2D eigenvalue weighted by molar-refractivity contribution is 6.31. The molecule has 2 unspecified atom stereocenters. The maximum absolute atomic E-state index is 13.7. The van der Waals surface area contributed by atoms with Gasteiger partial charge in [-0.2, -0.15) is 8.78 Å². The molecule has 158 valence electrons. The SMILES string of the molecule is CC(C)(C)c1nc(Cc2ncccc2Cl)c2[nH]c(C3CCC4(C3)NC4(F)F)nc2n1. The van der Waals surface area contributed by atoms with Crippen LogP contribution in [-0.4, -0.2) is 36.5 Å². The van der Waals surface area contributed by atoms with Crippen molar-refractivity contribution in [2.45, 2.75) is 69.4 Å². The molecule has 3 aromatic heterocycles. The lowest BCUT2D eigenvalue weighted by Gasteiger charge is -2.17. The number of halogens is 3. The fourth-order valence-corrected chi connectivity index (χ4v) is 4.47. The molecule has 2 aliphatic rings. The third-order valence-corrected chi connectivity index (χ3v) is 6.46. The average Bonchev–Trinajstić information content (AvgIpc) is 3.03. The summed E-state index contributed by atoms with van der Waals surface area (Å²) in [6.45, 7) is 6.13. The summed E-state index contributed by atoms with van der Waals surface area (Å²) < 4.78 is 27.5. The molecule has 1 aliphatic heterocycles. The molecule has 30 heavy (non-hydrogen) atoms. The van der Waals surface area contributed by atoms with Gasteiger partial charge < -0.3 is 4.98 Å². The molecule has 1 saturated carbocycles. The lowest BCUT2D eigenvalue weighted by molar-refractivity contribution is 0.0830. The van der Waals surface area contributed by atoms with Crippen LogP contribution in [0, 0.1) is 0 Å². The zero-order valence-corrected chi connectivity index (χ0v) is 17.8. The quantitative estimate of drug-likeness (QED) is 0.470. The second-order valence-corrected chi connectivity index (χ2v) is 9.80. The Morgan fingerprint density at radius 2 is 1.97 bits per heavy atom. The van der Waals surface area contributed by atoms with Gasteiger partial charge in [0.15, 0.2) is 5.65 Å². The van der Waals surface area contributed by atoms with Gasteiger partial charge in [0.25, 0.3) is 0 Å². The smallest absolute Gasteiger partial charge is 0.321 e. The number of aromatic nitrogens is 5. The Morgan fingerprint density at radius 3 is 2.60 bits per heavy atom. The normalized spacial score (nSPS) is 25.3. The first kappa shape index (κ1) is 19.8. The Hall–Kier alpha value is -2.19. The van der Waals surface area contributed by atoms with E-state index in [1.807, 2.05) is 20.8 Å². The highest BCUT2D eigenvalue weighted by Gasteiger charge is 2.72. The first-order valence-electron chi connectivity index (χ1n) is 10.1. The fourth-order valence-electron chi connectivity index (χ4n) is 4.28. The van der Waals surface area contributed by atoms with Gasteiger partial charge in [0.1, 0.15) is 22.7 Å². The van der Waals surface area contributed by atoms with Gasteiger partial charge in [0.05, 0.1) is 16.4 Å². The van der Waals surface area contributed by atoms with E-state index >= 15 is 0 Å². The van der Waals surface area contributed by atoms with Gasteiger partial charge in [-0.15, -0.1) is 0 Å². The van der Waals surface area contributed by atoms with E-state index in [4.69, 9.17) is 21.6 Å². The summed E-state index contributed by atoms with van der Waals surface area (Å²) in [5.41, 5.74) is 1.42. The van der Waals surface area contributed by atoms with E-state index in [9.17, 15) is 8.78 Å². The lowest BCUT2D eigenvalue weighted by atomic mass is 9.95. The maximum atomic E-state index is 13.7. The number of alkyl halides is 2. The average molecular weight is 433 g/mol. The summed E-state index contributed by atoms with van der Waals surface area (Å²) >= 11 is 6.32. The van der Waals surface area contributed by atoms with Gasteiger partial charge >= 0.3 is 6.05 Å². The van der Waals surface area contributed by atoms with Crippen molar-refractivity contribution in [1.29, 1.82) is 0 Å². The second-order valence-electron chi connectivity index (χ2n) is 9.39. The number of fused-ring (bicyclic) bond motifs is 1. The molecule has 4 heterocycles. The molecule has 6 nitrogen and oxygen atoms in total. The number of hydrogen-bond donors (Lipinski definition) is 2. The Labute approximate surface area is 177 Å². The molecule has 0 radical (unpaired) electrons. The van der Waals surface area contributed by atoms with Gasteiger partial charge in [-0.05, 0) is 31.4 Å². The second kappa shape index (κ2) is 6.40. The minimum Gasteiger partial charge on any atom is -0.339 e. The van der Waals surface area contributed by atoms with Crippen LogP contribution in [0.25, 0.3) is 11.2 Å². The molecule has 1 saturated heterocycles. The number of pyridine rings is 1. The summed E-state index contributed by atoms with van der Waals surface area (Å²) in [7, 11) is 0. The van der Waals surface area contributed by atoms with Crippen molar-refractivity contribution < 1.29 is 8.78 Å². The van der Waals surface area contributed by atoms with Gasteiger partial charge in [-0.25, -0.2) is 20.3 Å². The fraction of sp³-hybridized carbons (Fsp3) is 0.524. The van der Waals surface area contributed by atoms with E-state index in [2.05, 4.69) is 20.3 Å². The predicted octanol–water partition coefficient (Wildman–Crippen LogP) is 4.49. The number of aromatic amines is 1. The zero-order valence-electron chi connectivity index (χ0n) is 17.1. The van der Waals surface area contributed by atoms with Crippen LogP contribution in [0.15, 0.2) is 18.3 Å². The highest BCUT2D eigenvalue weighted by atomic mass is 35.5. The van der Waals surface area contributed by atoms with Crippen molar-refractivity contribution in [3.63, 3.8) is 0 Å². The number of rotatable bonds is 3. The number of imidazole rings is 1. The van der Waals surface area contributed by atoms with E-state index < -0.39 is 11.6 Å². The van der Waals surface area contributed by atoms with Gasteiger partial charge in [-0.1, -0.05) is 32.4 Å². The Kier molecular flexibility index (Phi) is 4.22. The maximum Gasteiger partial charge on any atom is 0.321 e. The van der Waals surface area contributed by atoms with Gasteiger partial charge in [-0.3, -0.25) is 4.98 Å². The first-order valence-corrected chi connectivity index (χ1v) is 10.5. The van der Waals surface area contributed by atoms with E-state index in [1.165, 1.54) is 0 Å². The highest BCUT2D eigenvalue weighted by Crippen LogP contribution is 2.56. The number of hydrogen-bond acceptors (Lipinski definition) is 5. The van der Waals surface area contributed by atoms with Crippen molar-refractivity contribution in [1.82, 2.24) is 30.2 Å². The largest absolute Gasteiger partial charge is 0.339 e. The van der Waals surface area contributed by atoms with E-state index in [0.717, 1.165) is 16.9 Å². The standard InChI is InChI=1S/C21H23ClF2N6/c1-19(2,3)18-26-14(9-13-12(22)5-4-8-25-13)15-17(29-18)28-16(27-15)11-6-7-20(10-11)21(23,24)30-20/h4-5,8,11,30H,6-7,9-10H2,1-3H3,(H,26,27,28,29). The molecule has 2 atom stereocenters. The number of nitrogens with one attached hydrogen (secondary N) is 2. The summed E-state index contributed by atoms with van der Waals surface area (Å²) in [4.78, 5) is 21.9. The minimum atomic E-state index is -2.77. The third kappa shape index (κ3) is 3.17. The molecule has 0 bridgehead atoms. The monoisotopic (exact) mass is 432 g/mol. The van der Waals surface area contributed by atoms with E-state index in [1.54, 1.807) is 18.3 Å². The van der Waals surface area contributed by atoms with E-state index in [-0.39, 0.29) is 11.3 Å². The van der Waals surface area contributed by atoms with Crippen molar-refractivity contribution in [2.24, 2.45) is 0 Å². The van der Waals surface area contributed by atoms with Crippen LogP contribution in [0.4, 0.5) is 8.78 Å². The minimum absolute atomic E-state index is 0.0653. The van der Waals surface area contributed by atoms with Crippen molar-refractivity contribution in [2.75, 3.05) is 0 Å². The van der Waals surface area contributed by atoms with Crippen LogP contribution >= 0.6 is 11.6 Å². The summed E-state index contributed by atoms with van der Waals surface area (Å²) in [5, 5.41) is 2.94. The van der Waals surface area contributed by atoms with Crippen LogP contribution < -0.4 is 5.32 Å². The van der Waals surface area contributed by atoms with Gasteiger partial charge in [0, 0.05) is 24.0 Å². The Bertz CT molecular complexity index is 1140. The van der Waals surface area contributed by atoms with Crippen LogP contribution in [0.2, 0.25) is 5.02 Å². The molecule has 0 amide bonds. The van der Waals surface area contributed by atoms with Crippen LogP contribution in [0.5, 0.6) is 0 Å². The van der Waals surface area contributed by atoms with Crippen molar-refractivity contribution in [3.05, 3.63) is 46.4 Å². The molecule has 1 spiro atoms. The molecule has 2 N–H and O–H groups in total. The van der Waals surface area contributed by atoms with Crippen molar-refractivity contribution >= 4 is 22.8 Å². The lowest BCUT2D eigenvalue weighted by Crippen LogP contribution is -2.17. The van der Waals surface area contributed by atoms with E-state index in [0.29, 0.717) is 48.0 Å². The van der Waals surface area contributed by atoms with Crippen LogP contribution in [0.1, 0.15) is 69.0 Å². The zero-order chi connectivity index (χ0) is 21.3. The molecule has 3 aromatic rings. The molecule has 0 aromatic carbocycles. The molecule has 2 fully saturated rings. The summed E-state index contributed by atoms with van der Waals surface area (Å²) in [6.07, 6.45) is 3.59. The molecular formula is C21H23ClF2N6. The topological polar surface area (TPSA) is 89.3 Å². The predicted molar refractivity (Wildman–Crippen MR) is 110 cm³/mol. The van der Waals surface area contributed by atoms with Crippen molar-refractivity contribution in [3.8, 4) is 0 Å². The Balaban J connectivity index is 1.56. The number of H-pyrrole nitrogens is 1. The molecule has 1 aliphatic carbocycles. The van der Waals surface area contributed by atoms with Gasteiger partial charge in [0.2, 0.25) is 0 Å². The van der Waals surface area contributed by atoms with Crippen LogP contribution in [-0.2, 0) is 11.8 Å². The summed E-state index contributed by atoms with van der Waals surface area (Å²) in [5.74, 6) is 1.30. The Morgan fingerprint density at radius 1 is 1.20 bits per heavy atom. The molecule has 5 rings (SSSR count). The molecule has 9 heteroatoms. The third-order valence-electron chi connectivity index (χ3n) is 6.12. The molecular weight excluding hydrogens is 410 g/mol. The number of nitrogens with zero attached hydrogens (tertiary/aromatic N) is 4. The summed E-state index contributed by atoms with van der Waals surface area (Å²) in [6, 6.07) is 0.813. The van der Waals surface area contributed by atoms with Crippen LogP contribution in [0.3, 0.4) is 0 Å². The first-order chi connectivity index (χ1) is 14.1.